The Morgan fingerprint density at radius 1 is 1.02 bits per heavy atom. The highest BCUT2D eigenvalue weighted by Gasteiger charge is 2.30. The molecule has 0 saturated carbocycles. The van der Waals surface area contributed by atoms with Crippen molar-refractivity contribution in [2.75, 3.05) is 25.9 Å². The summed E-state index contributed by atoms with van der Waals surface area (Å²) in [6.45, 7) is 9.97. The Labute approximate surface area is 234 Å². The van der Waals surface area contributed by atoms with E-state index in [-0.39, 0.29) is 11.6 Å². The molecule has 5 rings (SSSR count). The highest BCUT2D eigenvalue weighted by Crippen LogP contribution is 2.33. The van der Waals surface area contributed by atoms with Gasteiger partial charge in [0.15, 0.2) is 5.69 Å². The predicted octanol–water partition coefficient (Wildman–Crippen LogP) is 4.78. The Balaban J connectivity index is 0.00000181. The van der Waals surface area contributed by atoms with Crippen molar-refractivity contribution in [3.8, 4) is 22.9 Å². The van der Waals surface area contributed by atoms with E-state index in [9.17, 15) is 4.79 Å². The second kappa shape index (κ2) is 12.6. The van der Waals surface area contributed by atoms with E-state index in [0.29, 0.717) is 40.9 Å². The fourth-order valence-corrected chi connectivity index (χ4v) is 4.64. The minimum absolute atomic E-state index is 0.165. The number of hydrogen-bond acceptors (Lipinski definition) is 8. The van der Waals surface area contributed by atoms with Gasteiger partial charge in [-0.05, 0) is 75.8 Å². The third kappa shape index (κ3) is 6.58. The first kappa shape index (κ1) is 28.6. The molecule has 10 heteroatoms. The van der Waals surface area contributed by atoms with Gasteiger partial charge in [-0.2, -0.15) is 5.10 Å². The number of benzene rings is 2. The van der Waals surface area contributed by atoms with Crippen LogP contribution in [-0.2, 0) is 6.61 Å². The van der Waals surface area contributed by atoms with Crippen LogP contribution in [0.4, 0.5) is 5.69 Å². The quantitative estimate of drug-likeness (QED) is 0.324. The molecular weight excluding hydrogens is 506 g/mol. The average Bonchev–Trinajstić information content (AvgIpc) is 3.52. The number of anilines is 1. The highest BCUT2D eigenvalue weighted by atomic mass is 16.5. The zero-order valence-corrected chi connectivity index (χ0v) is 23.7. The van der Waals surface area contributed by atoms with Gasteiger partial charge in [0, 0.05) is 36.5 Å². The van der Waals surface area contributed by atoms with Crippen LogP contribution in [-0.4, -0.2) is 50.7 Å². The summed E-state index contributed by atoms with van der Waals surface area (Å²) in [7, 11) is 2.06. The topological polar surface area (TPSA) is 134 Å². The van der Waals surface area contributed by atoms with Gasteiger partial charge in [0.25, 0.3) is 5.91 Å². The summed E-state index contributed by atoms with van der Waals surface area (Å²) in [5, 5.41) is 4.70. The van der Waals surface area contributed by atoms with Crippen molar-refractivity contribution in [3.63, 3.8) is 0 Å². The number of aryl methyl sites for hydroxylation is 2. The maximum atomic E-state index is 12.3. The normalized spacial score (nSPS) is 14.9. The lowest BCUT2D eigenvalue weighted by atomic mass is 10.0. The Kier molecular flexibility index (Phi) is 9.00. The molecule has 0 unspecified atom stereocenters. The molecular formula is C30H37N7O3. The fraction of sp³-hybridized carbons (Fsp3) is 0.333. The number of ether oxygens (including phenoxy) is 2. The number of likely N-dealkylation sites (N-methyl/N-ethyl adjacent to an activating group) is 1. The molecule has 2 aromatic heterocycles. The number of nitrogens with zero attached hydrogens (tertiary/aromatic N) is 5. The van der Waals surface area contributed by atoms with Gasteiger partial charge in [-0.3, -0.25) is 4.79 Å². The number of nitrogens with two attached hydrogens (primary N) is 2. The third-order valence-corrected chi connectivity index (χ3v) is 6.54. The maximum absolute atomic E-state index is 12.3. The van der Waals surface area contributed by atoms with Crippen molar-refractivity contribution >= 4 is 11.6 Å². The van der Waals surface area contributed by atoms with Crippen LogP contribution < -0.4 is 20.9 Å². The van der Waals surface area contributed by atoms with Crippen molar-refractivity contribution in [1.29, 1.82) is 0 Å². The lowest BCUT2D eigenvalue weighted by Crippen LogP contribution is -2.18. The monoisotopic (exact) mass is 543 g/mol. The van der Waals surface area contributed by atoms with E-state index in [1.165, 1.54) is 4.68 Å². The smallest absolute Gasteiger partial charge is 0.269 e. The summed E-state index contributed by atoms with van der Waals surface area (Å²) in [5.41, 5.74) is 15.8. The number of carbonyl (C=O) groups is 1. The van der Waals surface area contributed by atoms with E-state index >= 15 is 0 Å². The van der Waals surface area contributed by atoms with Gasteiger partial charge < -0.3 is 25.8 Å². The second-order valence-corrected chi connectivity index (χ2v) is 9.68. The fourth-order valence-electron chi connectivity index (χ4n) is 4.64. The molecule has 1 aliphatic rings. The molecule has 40 heavy (non-hydrogen) atoms. The van der Waals surface area contributed by atoms with Crippen molar-refractivity contribution in [2.24, 2.45) is 5.73 Å². The van der Waals surface area contributed by atoms with E-state index in [1.54, 1.807) is 12.4 Å². The van der Waals surface area contributed by atoms with Crippen LogP contribution in [0.3, 0.4) is 0 Å². The molecule has 10 nitrogen and oxygen atoms in total. The van der Waals surface area contributed by atoms with E-state index in [4.69, 9.17) is 26.0 Å². The Hall–Kier alpha value is -4.44. The first-order chi connectivity index (χ1) is 19.3. The molecule has 210 valence electrons. The standard InChI is InChI=1S/C28H31N7O3.C2H6/c1-17-10-23(37-16-19-13-31-18(2)32-14-19)12-24(11-17)38-22-6-4-21(5-7-22)35-27(28(30)36)25(29)26(33-35)20-8-9-34(3)15-20;1-2/h4-7,10-14,20H,8-9,15-16,29H2,1-3H3,(H2,30,36);1-2H3/t20-;/m1./s1. The minimum atomic E-state index is -0.614. The average molecular weight is 544 g/mol. The Morgan fingerprint density at radius 2 is 1.70 bits per heavy atom. The molecule has 4 aromatic rings. The molecule has 0 bridgehead atoms. The summed E-state index contributed by atoms with van der Waals surface area (Å²) < 4.78 is 13.6. The largest absolute Gasteiger partial charge is 0.489 e. The molecule has 0 spiro atoms. The summed E-state index contributed by atoms with van der Waals surface area (Å²) >= 11 is 0. The van der Waals surface area contributed by atoms with E-state index < -0.39 is 5.91 Å². The van der Waals surface area contributed by atoms with Gasteiger partial charge in [-0.15, -0.1) is 0 Å². The van der Waals surface area contributed by atoms with Gasteiger partial charge in [-0.1, -0.05) is 13.8 Å². The molecule has 1 fully saturated rings. The number of aromatic nitrogens is 4. The van der Waals surface area contributed by atoms with E-state index in [0.717, 1.165) is 36.5 Å². The number of nitrogen functional groups attached to an aromatic ring is 1. The molecule has 2 aromatic carbocycles. The minimum Gasteiger partial charge on any atom is -0.489 e. The number of rotatable bonds is 8. The van der Waals surface area contributed by atoms with Gasteiger partial charge in [0.2, 0.25) is 0 Å². The first-order valence-electron chi connectivity index (χ1n) is 13.4. The van der Waals surface area contributed by atoms with Gasteiger partial charge in [0.1, 0.15) is 29.7 Å². The molecule has 1 atom stereocenters. The molecule has 1 saturated heterocycles. The third-order valence-electron chi connectivity index (χ3n) is 6.54. The number of hydrogen-bond donors (Lipinski definition) is 2. The van der Waals surface area contributed by atoms with Crippen LogP contribution >= 0.6 is 0 Å². The molecule has 0 aliphatic carbocycles. The molecule has 1 amide bonds. The number of amides is 1. The Morgan fingerprint density at radius 3 is 2.33 bits per heavy atom. The van der Waals surface area contributed by atoms with E-state index in [1.807, 2.05) is 70.2 Å². The summed E-state index contributed by atoms with van der Waals surface area (Å²) in [6, 6.07) is 13.0. The molecule has 4 N–H and O–H groups in total. The summed E-state index contributed by atoms with van der Waals surface area (Å²) in [4.78, 5) is 22.9. The molecule has 1 aliphatic heterocycles. The van der Waals surface area contributed by atoms with Gasteiger partial charge in [0.05, 0.1) is 17.1 Å². The summed E-state index contributed by atoms with van der Waals surface area (Å²) in [6.07, 6.45) is 4.44. The van der Waals surface area contributed by atoms with Crippen molar-refractivity contribution in [1.82, 2.24) is 24.6 Å². The van der Waals surface area contributed by atoms with Crippen molar-refractivity contribution in [2.45, 2.75) is 46.6 Å². The van der Waals surface area contributed by atoms with Gasteiger partial charge >= 0.3 is 0 Å². The second-order valence-electron chi connectivity index (χ2n) is 9.68. The van der Waals surface area contributed by atoms with Crippen molar-refractivity contribution in [3.05, 3.63) is 83.2 Å². The van der Waals surface area contributed by atoms with E-state index in [2.05, 4.69) is 21.9 Å². The van der Waals surface area contributed by atoms with Gasteiger partial charge in [-0.25, -0.2) is 14.6 Å². The zero-order valence-electron chi connectivity index (χ0n) is 23.7. The Bertz CT molecular complexity index is 1450. The maximum Gasteiger partial charge on any atom is 0.269 e. The first-order valence-corrected chi connectivity index (χ1v) is 13.4. The van der Waals surface area contributed by atoms with Crippen LogP contribution in [0.25, 0.3) is 5.69 Å². The molecule has 0 radical (unpaired) electrons. The van der Waals surface area contributed by atoms with Crippen LogP contribution in [0.2, 0.25) is 0 Å². The lowest BCUT2D eigenvalue weighted by Gasteiger charge is -2.12. The van der Waals surface area contributed by atoms with Crippen molar-refractivity contribution < 1.29 is 14.3 Å². The lowest BCUT2D eigenvalue weighted by molar-refractivity contribution is 0.0994. The highest BCUT2D eigenvalue weighted by molar-refractivity contribution is 5.97. The SMILES string of the molecule is CC.Cc1cc(OCc2cnc(C)nc2)cc(Oc2ccc(-n3nc([C@@H]4CCN(C)C4)c(N)c3C(N)=O)cc2)c1. The zero-order chi connectivity index (χ0) is 28.8. The van der Waals surface area contributed by atoms with Crippen LogP contribution in [0, 0.1) is 13.8 Å². The van der Waals surface area contributed by atoms with Crippen LogP contribution in [0.1, 0.15) is 59.3 Å². The number of primary amides is 1. The summed E-state index contributed by atoms with van der Waals surface area (Å²) in [5.74, 6) is 2.21. The predicted molar refractivity (Wildman–Crippen MR) is 155 cm³/mol. The number of carbonyl (C=O) groups excluding carboxylic acids is 1. The molecule has 3 heterocycles. The number of likely N-dealkylation sites (tertiary alicyclic amines) is 1. The van der Waals surface area contributed by atoms with Crippen LogP contribution in [0.15, 0.2) is 54.9 Å². The van der Waals surface area contributed by atoms with Crippen LogP contribution in [0.5, 0.6) is 17.2 Å².